The van der Waals surface area contributed by atoms with Crippen molar-refractivity contribution in [1.82, 2.24) is 10.3 Å². The summed E-state index contributed by atoms with van der Waals surface area (Å²) >= 11 is 0. The van der Waals surface area contributed by atoms with Crippen LogP contribution >= 0.6 is 0 Å². The van der Waals surface area contributed by atoms with Crippen molar-refractivity contribution in [3.05, 3.63) is 66.2 Å². The molecule has 2 N–H and O–H groups in total. The van der Waals surface area contributed by atoms with E-state index in [0.717, 1.165) is 0 Å². The minimum Gasteiger partial charge on any atom is -0.321 e. The van der Waals surface area contributed by atoms with Crippen LogP contribution in [0.15, 0.2) is 60.7 Å². The van der Waals surface area contributed by atoms with Gasteiger partial charge in [-0.25, -0.2) is 0 Å². The number of amides is 2. The van der Waals surface area contributed by atoms with Crippen molar-refractivity contribution in [1.29, 1.82) is 0 Å². The van der Waals surface area contributed by atoms with Crippen molar-refractivity contribution in [2.24, 2.45) is 0 Å². The number of alkyl halides is 3. The molecule has 0 radical (unpaired) electrons. The second-order valence-corrected chi connectivity index (χ2v) is 5.18. The number of nitrogens with zero attached hydrogens (tertiary/aromatic N) is 1. The molecule has 0 aliphatic rings. The predicted molar refractivity (Wildman–Crippen MR) is 86.1 cm³/mol. The second kappa shape index (κ2) is 8.18. The quantitative estimate of drug-likeness (QED) is 0.787. The van der Waals surface area contributed by atoms with Crippen molar-refractivity contribution in [2.45, 2.75) is 12.7 Å². The first-order chi connectivity index (χ1) is 11.9. The molecule has 0 aliphatic heterocycles. The number of halogens is 3. The third-order valence-corrected chi connectivity index (χ3v) is 3.20. The maximum absolute atomic E-state index is 12.8. The molecular formula is C17H16F3N3O2. The van der Waals surface area contributed by atoms with E-state index in [0.29, 0.717) is 16.2 Å². The largest absolute Gasteiger partial charge is 0.471 e. The fourth-order valence-corrected chi connectivity index (χ4v) is 2.06. The molecule has 0 spiro atoms. The highest BCUT2D eigenvalue weighted by atomic mass is 19.4. The Bertz CT molecular complexity index is 706. The van der Waals surface area contributed by atoms with Crippen molar-refractivity contribution < 1.29 is 22.8 Å². The van der Waals surface area contributed by atoms with E-state index < -0.39 is 24.5 Å². The molecule has 2 rings (SSSR count). The first-order valence-corrected chi connectivity index (χ1v) is 7.36. The Hall–Kier alpha value is -3.03. The van der Waals surface area contributed by atoms with Gasteiger partial charge in [0.15, 0.2) is 0 Å². The summed E-state index contributed by atoms with van der Waals surface area (Å²) in [6.45, 7) is -1.05. The molecule has 0 saturated carbocycles. The van der Waals surface area contributed by atoms with Gasteiger partial charge in [0.2, 0.25) is 0 Å². The zero-order valence-electron chi connectivity index (χ0n) is 13.1. The van der Waals surface area contributed by atoms with Crippen LogP contribution in [0.1, 0.15) is 5.56 Å². The lowest BCUT2D eigenvalue weighted by Gasteiger charge is -2.23. The lowest BCUT2D eigenvalue weighted by atomic mass is 10.2. The monoisotopic (exact) mass is 351 g/mol. The average molecular weight is 351 g/mol. The number of benzene rings is 2. The number of carbonyl (C=O) groups is 2. The summed E-state index contributed by atoms with van der Waals surface area (Å²) < 4.78 is 38.3. The van der Waals surface area contributed by atoms with E-state index in [-0.39, 0.29) is 6.54 Å². The zero-order valence-corrected chi connectivity index (χ0v) is 13.1. The van der Waals surface area contributed by atoms with Gasteiger partial charge in [-0.15, -0.1) is 0 Å². The molecule has 0 aromatic heterocycles. The van der Waals surface area contributed by atoms with Crippen LogP contribution in [0.4, 0.5) is 18.9 Å². The molecule has 0 unspecified atom stereocenters. The molecular weight excluding hydrogens is 335 g/mol. The molecule has 132 valence electrons. The van der Waals surface area contributed by atoms with E-state index >= 15 is 0 Å². The first kappa shape index (κ1) is 18.3. The summed E-state index contributed by atoms with van der Waals surface area (Å²) in [4.78, 5) is 23.9. The first-order valence-electron chi connectivity index (χ1n) is 7.36. The van der Waals surface area contributed by atoms with Gasteiger partial charge in [-0.2, -0.15) is 13.2 Å². The fourth-order valence-electron chi connectivity index (χ4n) is 2.06. The molecule has 2 amide bonds. The Morgan fingerprint density at radius 2 is 1.48 bits per heavy atom. The summed E-state index contributed by atoms with van der Waals surface area (Å²) in [7, 11) is 0. The lowest BCUT2D eigenvalue weighted by Crippen LogP contribution is -2.46. The summed E-state index contributed by atoms with van der Waals surface area (Å²) in [5.74, 6) is -2.83. The highest BCUT2D eigenvalue weighted by Crippen LogP contribution is 2.20. The van der Waals surface area contributed by atoms with Gasteiger partial charge < -0.3 is 4.90 Å². The Morgan fingerprint density at radius 1 is 0.920 bits per heavy atom. The van der Waals surface area contributed by atoms with E-state index in [1.54, 1.807) is 60.7 Å². The maximum Gasteiger partial charge on any atom is 0.471 e. The SMILES string of the molecule is O=C(CN(Cc1ccccc1)C(=O)C(F)(F)F)NNc1ccccc1. The summed E-state index contributed by atoms with van der Waals surface area (Å²) in [5, 5.41) is 0. The van der Waals surface area contributed by atoms with Gasteiger partial charge in [0.25, 0.3) is 5.91 Å². The van der Waals surface area contributed by atoms with Gasteiger partial charge in [-0.1, -0.05) is 48.5 Å². The number of hydrogen-bond acceptors (Lipinski definition) is 3. The lowest BCUT2D eigenvalue weighted by molar-refractivity contribution is -0.186. The number of rotatable bonds is 6. The Morgan fingerprint density at radius 3 is 2.04 bits per heavy atom. The highest BCUT2D eigenvalue weighted by Gasteiger charge is 2.42. The number of anilines is 1. The number of hydrazine groups is 1. The summed E-state index contributed by atoms with van der Waals surface area (Å²) in [6, 6.07) is 16.7. The smallest absolute Gasteiger partial charge is 0.321 e. The maximum atomic E-state index is 12.8. The van der Waals surface area contributed by atoms with E-state index in [1.807, 2.05) is 0 Å². The minimum atomic E-state index is -5.05. The summed E-state index contributed by atoms with van der Waals surface area (Å²) in [5.41, 5.74) is 5.90. The molecule has 0 bridgehead atoms. The number of hydrogen-bond donors (Lipinski definition) is 2. The molecule has 25 heavy (non-hydrogen) atoms. The van der Waals surface area contributed by atoms with Crippen LogP contribution in [0.3, 0.4) is 0 Å². The van der Waals surface area contributed by atoms with Gasteiger partial charge in [-0.05, 0) is 17.7 Å². The van der Waals surface area contributed by atoms with Gasteiger partial charge >= 0.3 is 12.1 Å². The van der Waals surface area contributed by atoms with Crippen molar-refractivity contribution >= 4 is 17.5 Å². The van der Waals surface area contributed by atoms with Gasteiger partial charge in [0, 0.05) is 6.54 Å². The highest BCUT2D eigenvalue weighted by molar-refractivity contribution is 5.88. The van der Waals surface area contributed by atoms with E-state index in [1.165, 1.54) is 0 Å². The summed E-state index contributed by atoms with van der Waals surface area (Å²) in [6.07, 6.45) is -5.05. The van der Waals surface area contributed by atoms with Crippen LogP contribution in [0, 0.1) is 0 Å². The number of carbonyl (C=O) groups excluding carboxylic acids is 2. The molecule has 8 heteroatoms. The second-order valence-electron chi connectivity index (χ2n) is 5.18. The molecule has 0 heterocycles. The zero-order chi connectivity index (χ0) is 18.3. The average Bonchev–Trinajstić information content (AvgIpc) is 2.60. The topological polar surface area (TPSA) is 61.4 Å². The standard InChI is InChI=1S/C17H16F3N3O2/c18-17(19,20)16(25)23(11-13-7-3-1-4-8-13)12-15(24)22-21-14-9-5-2-6-10-14/h1-10,21H,11-12H2,(H,22,24). The van der Waals surface area contributed by atoms with Crippen molar-refractivity contribution in [3.8, 4) is 0 Å². The van der Waals surface area contributed by atoms with Crippen LogP contribution in [0.2, 0.25) is 0 Å². The van der Waals surface area contributed by atoms with E-state index in [2.05, 4.69) is 10.9 Å². The molecule has 0 fully saturated rings. The van der Waals surface area contributed by atoms with Crippen molar-refractivity contribution in [2.75, 3.05) is 12.0 Å². The Kier molecular flexibility index (Phi) is 5.99. The number of nitrogens with one attached hydrogen (secondary N) is 2. The number of para-hydroxylation sites is 1. The molecule has 2 aromatic rings. The van der Waals surface area contributed by atoms with Gasteiger partial charge in [0.1, 0.15) is 6.54 Å². The predicted octanol–water partition coefficient (Wildman–Crippen LogP) is 2.72. The van der Waals surface area contributed by atoms with Crippen LogP contribution in [0.5, 0.6) is 0 Å². The Labute approximate surface area is 142 Å². The van der Waals surface area contributed by atoms with Crippen LogP contribution in [-0.2, 0) is 16.1 Å². The molecule has 0 atom stereocenters. The minimum absolute atomic E-state index is 0.321. The molecule has 2 aromatic carbocycles. The Balaban J connectivity index is 2.02. The molecule has 0 aliphatic carbocycles. The fraction of sp³-hybridized carbons (Fsp3) is 0.176. The van der Waals surface area contributed by atoms with Crippen LogP contribution in [-0.4, -0.2) is 29.4 Å². The van der Waals surface area contributed by atoms with Crippen molar-refractivity contribution in [3.63, 3.8) is 0 Å². The van der Waals surface area contributed by atoms with Gasteiger partial charge in [0.05, 0.1) is 5.69 Å². The van der Waals surface area contributed by atoms with Gasteiger partial charge in [-0.3, -0.25) is 20.4 Å². The molecule has 0 saturated heterocycles. The van der Waals surface area contributed by atoms with E-state index in [4.69, 9.17) is 0 Å². The normalized spacial score (nSPS) is 10.8. The third kappa shape index (κ3) is 5.83. The third-order valence-electron chi connectivity index (χ3n) is 3.20. The van der Waals surface area contributed by atoms with Crippen LogP contribution < -0.4 is 10.9 Å². The van der Waals surface area contributed by atoms with Crippen LogP contribution in [0.25, 0.3) is 0 Å². The van der Waals surface area contributed by atoms with E-state index in [9.17, 15) is 22.8 Å². The molecule has 5 nitrogen and oxygen atoms in total.